The van der Waals surface area contributed by atoms with Crippen molar-refractivity contribution in [3.63, 3.8) is 0 Å². The Bertz CT molecular complexity index is 221. The Kier molecular flexibility index (Phi) is 14.6. The number of ether oxygens (including phenoxy) is 1. The molecular weight excluding hydrogens is 236 g/mol. The standard InChI is InChI=1S/C17H32O2/c1-3-4-5-6-7-8-9-10-11-12-13-14-15-16-17(18)19-2/h7-8H,3-6,9-16H2,1-2H3/b8-7-. The van der Waals surface area contributed by atoms with Crippen molar-refractivity contribution in [1.29, 1.82) is 0 Å². The van der Waals surface area contributed by atoms with E-state index < -0.39 is 0 Å². The zero-order valence-corrected chi connectivity index (χ0v) is 13.0. The SMILES string of the molecule is CCCCC/C=C\CCCCCCCCC(=O)OC. The Morgan fingerprint density at radius 3 is 1.95 bits per heavy atom. The van der Waals surface area contributed by atoms with Gasteiger partial charge in [-0.2, -0.15) is 0 Å². The normalized spacial score (nSPS) is 11.1. The summed E-state index contributed by atoms with van der Waals surface area (Å²) in [6.07, 6.45) is 19.0. The van der Waals surface area contributed by atoms with Crippen molar-refractivity contribution in [2.24, 2.45) is 0 Å². The van der Waals surface area contributed by atoms with Crippen molar-refractivity contribution in [2.45, 2.75) is 84.0 Å². The molecule has 2 nitrogen and oxygen atoms in total. The van der Waals surface area contributed by atoms with E-state index in [4.69, 9.17) is 0 Å². The fourth-order valence-electron chi connectivity index (χ4n) is 2.09. The number of unbranched alkanes of at least 4 members (excludes halogenated alkanes) is 9. The number of hydrogen-bond donors (Lipinski definition) is 0. The molecule has 0 N–H and O–H groups in total. The molecule has 0 aliphatic rings. The lowest BCUT2D eigenvalue weighted by Crippen LogP contribution is -1.99. The molecule has 0 radical (unpaired) electrons. The molecule has 0 aliphatic heterocycles. The van der Waals surface area contributed by atoms with Crippen LogP contribution in [0.1, 0.15) is 84.0 Å². The summed E-state index contributed by atoms with van der Waals surface area (Å²) >= 11 is 0. The van der Waals surface area contributed by atoms with Crippen LogP contribution >= 0.6 is 0 Å². The zero-order valence-electron chi connectivity index (χ0n) is 13.0. The minimum Gasteiger partial charge on any atom is -0.469 e. The molecule has 0 aliphatic carbocycles. The predicted octanol–water partition coefficient (Wildman–Crippen LogP) is 5.42. The number of rotatable bonds is 13. The van der Waals surface area contributed by atoms with E-state index in [1.165, 1.54) is 64.9 Å². The lowest BCUT2D eigenvalue weighted by molar-refractivity contribution is -0.140. The van der Waals surface area contributed by atoms with Gasteiger partial charge >= 0.3 is 5.97 Å². The second-order valence-corrected chi connectivity index (χ2v) is 5.20. The molecule has 0 rings (SSSR count). The molecule has 0 heterocycles. The number of carbonyl (C=O) groups excluding carboxylic acids is 1. The van der Waals surface area contributed by atoms with E-state index in [9.17, 15) is 4.79 Å². The molecule has 0 saturated carbocycles. The summed E-state index contributed by atoms with van der Waals surface area (Å²) < 4.78 is 4.61. The van der Waals surface area contributed by atoms with Crippen LogP contribution in [0.15, 0.2) is 12.2 Å². The largest absolute Gasteiger partial charge is 0.469 e. The van der Waals surface area contributed by atoms with Crippen LogP contribution in [-0.2, 0) is 9.53 Å². The molecule has 0 aromatic rings. The van der Waals surface area contributed by atoms with Gasteiger partial charge in [-0.15, -0.1) is 0 Å². The first-order chi connectivity index (χ1) is 9.31. The lowest BCUT2D eigenvalue weighted by Gasteiger charge is -2.00. The van der Waals surface area contributed by atoms with Crippen molar-refractivity contribution < 1.29 is 9.53 Å². The Morgan fingerprint density at radius 1 is 0.842 bits per heavy atom. The first-order valence-corrected chi connectivity index (χ1v) is 8.03. The number of methoxy groups -OCH3 is 1. The first kappa shape index (κ1) is 18.2. The van der Waals surface area contributed by atoms with Gasteiger partial charge in [0.25, 0.3) is 0 Å². The van der Waals surface area contributed by atoms with E-state index in [1.54, 1.807) is 0 Å². The van der Waals surface area contributed by atoms with Crippen molar-refractivity contribution in [1.82, 2.24) is 0 Å². The minimum absolute atomic E-state index is 0.0757. The van der Waals surface area contributed by atoms with Crippen LogP contribution in [0.3, 0.4) is 0 Å². The van der Waals surface area contributed by atoms with Gasteiger partial charge in [0.15, 0.2) is 0 Å². The van der Waals surface area contributed by atoms with E-state index in [0.29, 0.717) is 6.42 Å². The fourth-order valence-corrected chi connectivity index (χ4v) is 2.09. The van der Waals surface area contributed by atoms with Gasteiger partial charge in [0.2, 0.25) is 0 Å². The molecule has 0 fully saturated rings. The summed E-state index contributed by atoms with van der Waals surface area (Å²) in [5.41, 5.74) is 0. The summed E-state index contributed by atoms with van der Waals surface area (Å²) in [6.45, 7) is 2.24. The summed E-state index contributed by atoms with van der Waals surface area (Å²) in [6, 6.07) is 0. The number of carbonyl (C=O) groups is 1. The molecular formula is C17H32O2. The van der Waals surface area contributed by atoms with E-state index in [1.807, 2.05) is 0 Å². The molecule has 0 bridgehead atoms. The Labute approximate surface area is 119 Å². The van der Waals surface area contributed by atoms with Crippen molar-refractivity contribution >= 4 is 5.97 Å². The average Bonchev–Trinajstić information content (AvgIpc) is 2.43. The van der Waals surface area contributed by atoms with Gasteiger partial charge in [0, 0.05) is 6.42 Å². The predicted molar refractivity (Wildman–Crippen MR) is 82.2 cm³/mol. The Balaban J connectivity index is 3.08. The van der Waals surface area contributed by atoms with Crippen LogP contribution in [0.4, 0.5) is 0 Å². The highest BCUT2D eigenvalue weighted by Crippen LogP contribution is 2.09. The third kappa shape index (κ3) is 15.2. The zero-order chi connectivity index (χ0) is 14.2. The number of hydrogen-bond acceptors (Lipinski definition) is 2. The molecule has 0 spiro atoms. The Hall–Kier alpha value is -0.790. The number of esters is 1. The maximum Gasteiger partial charge on any atom is 0.305 e. The Morgan fingerprint density at radius 2 is 1.37 bits per heavy atom. The van der Waals surface area contributed by atoms with Crippen molar-refractivity contribution in [3.05, 3.63) is 12.2 Å². The van der Waals surface area contributed by atoms with Gasteiger partial charge in [-0.25, -0.2) is 0 Å². The minimum atomic E-state index is -0.0757. The van der Waals surface area contributed by atoms with Gasteiger partial charge in [-0.3, -0.25) is 4.79 Å². The summed E-state index contributed by atoms with van der Waals surface area (Å²) in [5, 5.41) is 0. The molecule has 19 heavy (non-hydrogen) atoms. The lowest BCUT2D eigenvalue weighted by atomic mass is 10.1. The maximum absolute atomic E-state index is 10.9. The highest BCUT2D eigenvalue weighted by Gasteiger charge is 1.98. The third-order valence-electron chi connectivity index (χ3n) is 3.37. The van der Waals surface area contributed by atoms with E-state index >= 15 is 0 Å². The van der Waals surface area contributed by atoms with Crippen LogP contribution in [0, 0.1) is 0 Å². The van der Waals surface area contributed by atoms with E-state index in [-0.39, 0.29) is 5.97 Å². The summed E-state index contributed by atoms with van der Waals surface area (Å²) in [4.78, 5) is 10.9. The molecule has 0 aromatic carbocycles. The fraction of sp³-hybridized carbons (Fsp3) is 0.824. The van der Waals surface area contributed by atoms with E-state index in [0.717, 1.165) is 12.8 Å². The monoisotopic (exact) mass is 268 g/mol. The van der Waals surface area contributed by atoms with Crippen LogP contribution in [0.5, 0.6) is 0 Å². The van der Waals surface area contributed by atoms with Gasteiger partial charge in [0.1, 0.15) is 0 Å². The maximum atomic E-state index is 10.9. The van der Waals surface area contributed by atoms with Crippen molar-refractivity contribution in [3.8, 4) is 0 Å². The highest BCUT2D eigenvalue weighted by molar-refractivity contribution is 5.68. The smallest absolute Gasteiger partial charge is 0.305 e. The van der Waals surface area contributed by atoms with Crippen LogP contribution in [-0.4, -0.2) is 13.1 Å². The van der Waals surface area contributed by atoms with Gasteiger partial charge < -0.3 is 4.74 Å². The van der Waals surface area contributed by atoms with Crippen molar-refractivity contribution in [2.75, 3.05) is 7.11 Å². The molecule has 0 atom stereocenters. The second-order valence-electron chi connectivity index (χ2n) is 5.20. The average molecular weight is 268 g/mol. The molecule has 0 unspecified atom stereocenters. The van der Waals surface area contributed by atoms with Crippen LogP contribution < -0.4 is 0 Å². The topological polar surface area (TPSA) is 26.3 Å². The third-order valence-corrected chi connectivity index (χ3v) is 3.37. The second kappa shape index (κ2) is 15.3. The number of allylic oxidation sites excluding steroid dienone is 2. The summed E-state index contributed by atoms with van der Waals surface area (Å²) in [7, 11) is 1.46. The van der Waals surface area contributed by atoms with E-state index in [2.05, 4.69) is 23.8 Å². The van der Waals surface area contributed by atoms with Crippen LogP contribution in [0.2, 0.25) is 0 Å². The molecule has 2 heteroatoms. The first-order valence-electron chi connectivity index (χ1n) is 8.03. The molecule has 112 valence electrons. The molecule has 0 saturated heterocycles. The molecule has 0 aromatic heterocycles. The van der Waals surface area contributed by atoms with Gasteiger partial charge in [-0.1, -0.05) is 57.6 Å². The van der Waals surface area contributed by atoms with Gasteiger partial charge in [0.05, 0.1) is 7.11 Å². The summed E-state index contributed by atoms with van der Waals surface area (Å²) in [5.74, 6) is -0.0757. The molecule has 0 amide bonds. The van der Waals surface area contributed by atoms with Gasteiger partial charge in [-0.05, 0) is 32.1 Å². The quantitative estimate of drug-likeness (QED) is 0.253. The van der Waals surface area contributed by atoms with Crippen LogP contribution in [0.25, 0.3) is 0 Å². The highest BCUT2D eigenvalue weighted by atomic mass is 16.5.